The molecule has 27 heavy (non-hydrogen) atoms. The summed E-state index contributed by atoms with van der Waals surface area (Å²) in [7, 11) is 0. The number of rotatable bonds is 4. The molecule has 1 aliphatic rings. The molecular weight excluding hydrogens is 417 g/mol. The number of nitrogens with zero attached hydrogens (tertiary/aromatic N) is 1. The number of carbonyl (C=O) groups excluding carboxylic acids is 1. The lowest BCUT2D eigenvalue weighted by Crippen LogP contribution is -2.31. The summed E-state index contributed by atoms with van der Waals surface area (Å²) in [6, 6.07) is 10.0. The Hall–Kier alpha value is -2.51. The zero-order valence-electron chi connectivity index (χ0n) is 14.1. The van der Waals surface area contributed by atoms with Crippen molar-refractivity contribution in [3.63, 3.8) is 0 Å². The first-order valence-electron chi connectivity index (χ1n) is 8.45. The zero-order valence-corrected chi connectivity index (χ0v) is 15.7. The Morgan fingerprint density at radius 1 is 1.15 bits per heavy atom. The number of hydrogen-bond donors (Lipinski definition) is 1. The molecule has 0 saturated heterocycles. The Morgan fingerprint density at radius 3 is 2.59 bits per heavy atom. The van der Waals surface area contributed by atoms with E-state index in [0.717, 1.165) is 4.47 Å². The van der Waals surface area contributed by atoms with Gasteiger partial charge in [0.1, 0.15) is 11.4 Å². The minimum Gasteiger partial charge on any atom is -0.450 e. The maximum atomic E-state index is 13.4. The predicted octanol–water partition coefficient (Wildman–Crippen LogP) is 3.62. The molecule has 5 nitrogen and oxygen atoms in total. The van der Waals surface area contributed by atoms with Gasteiger partial charge in [0.15, 0.2) is 5.43 Å². The van der Waals surface area contributed by atoms with E-state index in [-0.39, 0.29) is 29.9 Å². The molecule has 0 fully saturated rings. The molecule has 7 heteroatoms. The van der Waals surface area contributed by atoms with E-state index in [0.29, 0.717) is 23.0 Å². The summed E-state index contributed by atoms with van der Waals surface area (Å²) in [6.07, 6.45) is 0.358. The Kier molecular flexibility index (Phi) is 4.57. The number of aliphatic hydroxyl groups is 1. The van der Waals surface area contributed by atoms with Crippen LogP contribution in [0.25, 0.3) is 11.0 Å². The van der Waals surface area contributed by atoms with E-state index in [1.807, 2.05) is 0 Å². The van der Waals surface area contributed by atoms with Crippen LogP contribution in [0.2, 0.25) is 0 Å². The van der Waals surface area contributed by atoms with Gasteiger partial charge in [0.25, 0.3) is 5.91 Å². The van der Waals surface area contributed by atoms with Gasteiger partial charge in [0.2, 0.25) is 5.76 Å². The van der Waals surface area contributed by atoms with Gasteiger partial charge in [-0.05, 0) is 42.3 Å². The molecule has 0 aliphatic carbocycles. The van der Waals surface area contributed by atoms with Gasteiger partial charge in [0.05, 0.1) is 17.0 Å². The van der Waals surface area contributed by atoms with Crippen LogP contribution in [0.4, 0.5) is 4.39 Å². The van der Waals surface area contributed by atoms with Crippen molar-refractivity contribution < 1.29 is 18.7 Å². The molecule has 3 aromatic rings. The van der Waals surface area contributed by atoms with Crippen LogP contribution in [0, 0.1) is 5.82 Å². The molecule has 0 bridgehead atoms. The average molecular weight is 432 g/mol. The molecule has 1 atom stereocenters. The van der Waals surface area contributed by atoms with Crippen molar-refractivity contribution in [3.05, 3.63) is 79.9 Å². The van der Waals surface area contributed by atoms with Crippen molar-refractivity contribution in [2.75, 3.05) is 13.2 Å². The summed E-state index contributed by atoms with van der Waals surface area (Å²) < 4.78 is 19.9. The van der Waals surface area contributed by atoms with Gasteiger partial charge in [-0.25, -0.2) is 4.39 Å². The lowest BCUT2D eigenvalue weighted by Gasteiger charge is -2.24. The molecule has 1 amide bonds. The normalized spacial score (nSPS) is 16.2. The SMILES string of the molecule is O=C1c2oc3ccc(Br)cc3c(=O)c2[C@H](c2ccc(F)cc2)N1CCCO. The highest BCUT2D eigenvalue weighted by atomic mass is 79.9. The van der Waals surface area contributed by atoms with Crippen LogP contribution in [0.15, 0.2) is 56.1 Å². The summed E-state index contributed by atoms with van der Waals surface area (Å²) >= 11 is 3.35. The van der Waals surface area contributed by atoms with Crippen molar-refractivity contribution in [3.8, 4) is 0 Å². The number of benzene rings is 2. The number of halogens is 2. The smallest absolute Gasteiger partial charge is 0.290 e. The molecule has 1 aromatic heterocycles. The Balaban J connectivity index is 1.97. The molecular formula is C20H15BrFNO4. The highest BCUT2D eigenvalue weighted by Gasteiger charge is 2.42. The molecule has 0 unspecified atom stereocenters. The van der Waals surface area contributed by atoms with Crippen molar-refractivity contribution in [1.29, 1.82) is 0 Å². The molecule has 0 spiro atoms. The standard InChI is InChI=1S/C20H15BrFNO4/c21-12-4-7-15-14(10-12)18(25)16-17(11-2-5-13(22)6-3-11)23(8-1-9-24)20(26)19(16)27-15/h2-7,10,17,24H,1,8-9H2/t17-/m0/s1. The number of hydrogen-bond acceptors (Lipinski definition) is 4. The predicted molar refractivity (Wildman–Crippen MR) is 101 cm³/mol. The van der Waals surface area contributed by atoms with Gasteiger partial charge in [-0.15, -0.1) is 0 Å². The largest absolute Gasteiger partial charge is 0.450 e. The molecule has 1 aliphatic heterocycles. The van der Waals surface area contributed by atoms with Crippen LogP contribution in [-0.4, -0.2) is 29.1 Å². The first-order valence-corrected chi connectivity index (χ1v) is 9.24. The van der Waals surface area contributed by atoms with E-state index in [1.165, 1.54) is 17.0 Å². The van der Waals surface area contributed by atoms with Crippen molar-refractivity contribution in [1.82, 2.24) is 4.90 Å². The Labute approximate surface area is 162 Å². The van der Waals surface area contributed by atoms with E-state index in [9.17, 15) is 19.1 Å². The number of amides is 1. The monoisotopic (exact) mass is 431 g/mol. The minimum absolute atomic E-state index is 0.00193. The third-order valence-electron chi connectivity index (χ3n) is 4.67. The van der Waals surface area contributed by atoms with Gasteiger partial charge < -0.3 is 14.4 Å². The molecule has 1 N–H and O–H groups in total. The second-order valence-corrected chi connectivity index (χ2v) is 7.26. The van der Waals surface area contributed by atoms with Crippen molar-refractivity contribution in [2.45, 2.75) is 12.5 Å². The Bertz CT molecular complexity index is 1090. The number of aliphatic hydroxyl groups excluding tert-OH is 1. The second-order valence-electron chi connectivity index (χ2n) is 6.34. The van der Waals surface area contributed by atoms with Crippen molar-refractivity contribution >= 4 is 32.8 Å². The fraction of sp³-hybridized carbons (Fsp3) is 0.200. The summed E-state index contributed by atoms with van der Waals surface area (Å²) in [4.78, 5) is 27.6. The fourth-order valence-electron chi connectivity index (χ4n) is 3.46. The molecule has 0 radical (unpaired) electrons. The van der Waals surface area contributed by atoms with Gasteiger partial charge >= 0.3 is 0 Å². The van der Waals surface area contributed by atoms with Crippen LogP contribution in [0.3, 0.4) is 0 Å². The van der Waals surface area contributed by atoms with Gasteiger partial charge in [-0.3, -0.25) is 9.59 Å². The van der Waals surface area contributed by atoms with Crippen molar-refractivity contribution in [2.24, 2.45) is 0 Å². The Morgan fingerprint density at radius 2 is 1.89 bits per heavy atom. The van der Waals surface area contributed by atoms with E-state index in [2.05, 4.69) is 15.9 Å². The maximum absolute atomic E-state index is 13.4. The summed E-state index contributed by atoms with van der Waals surface area (Å²) in [5, 5.41) is 9.55. The van der Waals surface area contributed by atoms with Crippen LogP contribution >= 0.6 is 15.9 Å². The average Bonchev–Trinajstić information content (AvgIpc) is 2.94. The maximum Gasteiger partial charge on any atom is 0.290 e. The summed E-state index contributed by atoms with van der Waals surface area (Å²) in [6.45, 7) is 0.160. The summed E-state index contributed by atoms with van der Waals surface area (Å²) in [5.74, 6) is -0.809. The van der Waals surface area contributed by atoms with Gasteiger partial charge in [-0.1, -0.05) is 28.1 Å². The summed E-state index contributed by atoms with van der Waals surface area (Å²) in [5.41, 5.74) is 0.900. The fourth-order valence-corrected chi connectivity index (χ4v) is 3.82. The molecule has 0 saturated carbocycles. The first-order chi connectivity index (χ1) is 13.0. The van der Waals surface area contributed by atoms with Crippen LogP contribution < -0.4 is 5.43 Å². The highest BCUT2D eigenvalue weighted by Crippen LogP contribution is 2.38. The van der Waals surface area contributed by atoms with E-state index in [1.54, 1.807) is 30.3 Å². The minimum atomic E-state index is -0.681. The topological polar surface area (TPSA) is 70.8 Å². The molecule has 2 heterocycles. The van der Waals surface area contributed by atoms with E-state index >= 15 is 0 Å². The third-order valence-corrected chi connectivity index (χ3v) is 5.16. The second kappa shape index (κ2) is 6.90. The molecule has 138 valence electrons. The van der Waals surface area contributed by atoms with Crippen LogP contribution in [-0.2, 0) is 0 Å². The van der Waals surface area contributed by atoms with E-state index < -0.39 is 17.8 Å². The lowest BCUT2D eigenvalue weighted by molar-refractivity contribution is 0.0716. The lowest BCUT2D eigenvalue weighted by atomic mass is 9.98. The quantitative estimate of drug-likeness (QED) is 0.684. The zero-order chi connectivity index (χ0) is 19.1. The van der Waals surface area contributed by atoms with Crippen LogP contribution in [0.1, 0.15) is 34.1 Å². The highest BCUT2D eigenvalue weighted by molar-refractivity contribution is 9.10. The van der Waals surface area contributed by atoms with Gasteiger partial charge in [0, 0.05) is 17.6 Å². The third kappa shape index (κ3) is 2.96. The first kappa shape index (κ1) is 17.9. The number of fused-ring (bicyclic) bond motifs is 2. The molecule has 2 aromatic carbocycles. The van der Waals surface area contributed by atoms with E-state index in [4.69, 9.17) is 4.42 Å². The molecule has 4 rings (SSSR count). The van der Waals surface area contributed by atoms with Gasteiger partial charge in [-0.2, -0.15) is 0 Å². The number of carbonyl (C=O) groups is 1. The van der Waals surface area contributed by atoms with Crippen LogP contribution in [0.5, 0.6) is 0 Å².